The lowest BCUT2D eigenvalue weighted by atomic mass is 10.1. The van der Waals surface area contributed by atoms with Crippen molar-refractivity contribution in [2.24, 2.45) is 5.10 Å². The van der Waals surface area contributed by atoms with E-state index in [2.05, 4.69) is 15.5 Å². The second kappa shape index (κ2) is 10.2. The summed E-state index contributed by atoms with van der Waals surface area (Å²) in [5.41, 5.74) is 4.60. The summed E-state index contributed by atoms with van der Waals surface area (Å²) in [6, 6.07) is 12.7. The van der Waals surface area contributed by atoms with Crippen LogP contribution in [-0.4, -0.2) is 30.0 Å². The van der Waals surface area contributed by atoms with Crippen LogP contribution in [0.1, 0.15) is 11.1 Å². The molecule has 0 fully saturated rings. The molecule has 1 N–H and O–H groups in total. The maximum atomic E-state index is 12.0. The average molecular weight is 469 g/mol. The number of aromatic nitrogens is 1. The van der Waals surface area contributed by atoms with Crippen molar-refractivity contribution in [3.8, 4) is 5.75 Å². The molecule has 3 rings (SSSR count). The third kappa shape index (κ3) is 5.76. The normalized spacial score (nSPS) is 11.2. The van der Waals surface area contributed by atoms with Crippen LogP contribution in [0.2, 0.25) is 15.2 Å². The van der Waals surface area contributed by atoms with Gasteiger partial charge in [-0.25, -0.2) is 10.4 Å². The fourth-order valence-electron chi connectivity index (χ4n) is 2.48. The van der Waals surface area contributed by atoms with Crippen LogP contribution in [0.5, 0.6) is 5.75 Å². The molecule has 29 heavy (non-hydrogen) atoms. The molecular formula is C20H16Cl3N3O2S. The highest BCUT2D eigenvalue weighted by Crippen LogP contribution is 2.28. The molecule has 9 heteroatoms. The smallest absolute Gasteiger partial charge is 0.250 e. The maximum Gasteiger partial charge on any atom is 0.250 e. The lowest BCUT2D eigenvalue weighted by Gasteiger charge is -2.06. The second-order valence-corrected chi connectivity index (χ2v) is 8.07. The van der Waals surface area contributed by atoms with Gasteiger partial charge in [-0.1, -0.05) is 40.9 Å². The summed E-state index contributed by atoms with van der Waals surface area (Å²) in [5.74, 6) is 1.19. The summed E-state index contributed by atoms with van der Waals surface area (Å²) >= 11 is 19.8. The Labute approximate surface area is 187 Å². The number of methoxy groups -OCH3 is 1. The average Bonchev–Trinajstić information content (AvgIpc) is 2.70. The van der Waals surface area contributed by atoms with Crippen molar-refractivity contribution in [2.45, 2.75) is 5.75 Å². The highest BCUT2D eigenvalue weighted by Gasteiger charge is 2.08. The molecule has 2 aromatic carbocycles. The first kappa shape index (κ1) is 21.7. The number of halogens is 3. The van der Waals surface area contributed by atoms with Crippen molar-refractivity contribution in [1.29, 1.82) is 0 Å². The third-order valence-corrected chi connectivity index (χ3v) is 5.91. The van der Waals surface area contributed by atoms with Crippen molar-refractivity contribution in [1.82, 2.24) is 10.4 Å². The number of rotatable bonds is 7. The molecule has 0 saturated heterocycles. The number of nitrogens with zero attached hydrogens (tertiary/aromatic N) is 2. The summed E-state index contributed by atoms with van der Waals surface area (Å²) < 4.78 is 5.18. The van der Waals surface area contributed by atoms with E-state index in [1.807, 2.05) is 18.2 Å². The molecule has 1 aromatic heterocycles. The molecule has 3 aromatic rings. The summed E-state index contributed by atoms with van der Waals surface area (Å²) in [6.45, 7) is 0. The van der Waals surface area contributed by atoms with E-state index in [-0.39, 0.29) is 16.8 Å². The number of hydrogen-bond acceptors (Lipinski definition) is 5. The van der Waals surface area contributed by atoms with E-state index in [4.69, 9.17) is 39.5 Å². The van der Waals surface area contributed by atoms with Crippen molar-refractivity contribution < 1.29 is 9.53 Å². The molecule has 0 bridgehead atoms. The van der Waals surface area contributed by atoms with Crippen molar-refractivity contribution in [3.63, 3.8) is 0 Å². The number of hydrazone groups is 1. The number of thioether (sulfide) groups is 1. The van der Waals surface area contributed by atoms with Crippen LogP contribution in [0.25, 0.3) is 10.9 Å². The Morgan fingerprint density at radius 2 is 1.97 bits per heavy atom. The van der Waals surface area contributed by atoms with E-state index in [0.717, 1.165) is 10.9 Å². The van der Waals surface area contributed by atoms with Gasteiger partial charge in [-0.3, -0.25) is 4.79 Å². The first-order chi connectivity index (χ1) is 14.0. The van der Waals surface area contributed by atoms with Gasteiger partial charge in [0.2, 0.25) is 5.91 Å². The number of ether oxygens (including phenoxy) is 1. The van der Waals surface area contributed by atoms with Gasteiger partial charge in [0.1, 0.15) is 10.9 Å². The van der Waals surface area contributed by atoms with Crippen molar-refractivity contribution in [2.75, 3.05) is 12.9 Å². The summed E-state index contributed by atoms with van der Waals surface area (Å²) in [7, 11) is 1.59. The molecule has 0 spiro atoms. The number of amides is 1. The third-order valence-electron chi connectivity index (χ3n) is 3.94. The van der Waals surface area contributed by atoms with Gasteiger partial charge >= 0.3 is 0 Å². The van der Waals surface area contributed by atoms with E-state index < -0.39 is 0 Å². The Hall–Kier alpha value is -1.99. The van der Waals surface area contributed by atoms with E-state index in [0.29, 0.717) is 32.6 Å². The zero-order valence-electron chi connectivity index (χ0n) is 15.3. The SMILES string of the molecule is COc1ccc2cc(C=NNC(=O)CSCc3c(Cl)cccc3Cl)c(Cl)nc2c1. The zero-order chi connectivity index (χ0) is 20.8. The van der Waals surface area contributed by atoms with E-state index >= 15 is 0 Å². The number of nitrogens with one attached hydrogen (secondary N) is 1. The molecule has 0 saturated carbocycles. The van der Waals surface area contributed by atoms with Crippen LogP contribution >= 0.6 is 46.6 Å². The lowest BCUT2D eigenvalue weighted by molar-refractivity contribution is -0.118. The van der Waals surface area contributed by atoms with Gasteiger partial charge in [-0.15, -0.1) is 11.8 Å². The molecule has 150 valence electrons. The van der Waals surface area contributed by atoms with Crippen molar-refractivity contribution >= 4 is 69.6 Å². The van der Waals surface area contributed by atoms with Crippen LogP contribution < -0.4 is 10.2 Å². The quantitative estimate of drug-likeness (QED) is 0.279. The Kier molecular flexibility index (Phi) is 7.61. The fourth-order valence-corrected chi connectivity index (χ4v) is 4.23. The van der Waals surface area contributed by atoms with Crippen LogP contribution in [0.15, 0.2) is 47.6 Å². The summed E-state index contributed by atoms with van der Waals surface area (Å²) in [5, 5.41) is 6.30. The number of benzene rings is 2. The Morgan fingerprint density at radius 1 is 1.21 bits per heavy atom. The predicted molar refractivity (Wildman–Crippen MR) is 122 cm³/mol. The molecule has 5 nitrogen and oxygen atoms in total. The van der Waals surface area contributed by atoms with Crippen LogP contribution in [-0.2, 0) is 10.5 Å². The minimum Gasteiger partial charge on any atom is -0.497 e. The zero-order valence-corrected chi connectivity index (χ0v) is 18.4. The van der Waals surface area contributed by atoms with Gasteiger partial charge in [-0.2, -0.15) is 5.10 Å². The molecule has 0 aliphatic heterocycles. The molecule has 0 aliphatic carbocycles. The fraction of sp³-hybridized carbons (Fsp3) is 0.150. The molecule has 1 amide bonds. The van der Waals surface area contributed by atoms with Crippen molar-refractivity contribution in [3.05, 3.63) is 68.8 Å². The summed E-state index contributed by atoms with van der Waals surface area (Å²) in [4.78, 5) is 16.3. The monoisotopic (exact) mass is 467 g/mol. The maximum absolute atomic E-state index is 12.0. The predicted octanol–water partition coefficient (Wildman–Crippen LogP) is 5.59. The van der Waals surface area contributed by atoms with Gasteiger partial charge < -0.3 is 4.74 Å². The minimum atomic E-state index is -0.246. The van der Waals surface area contributed by atoms with E-state index in [1.54, 1.807) is 31.4 Å². The minimum absolute atomic E-state index is 0.211. The highest BCUT2D eigenvalue weighted by molar-refractivity contribution is 7.99. The second-order valence-electron chi connectivity index (χ2n) is 5.91. The largest absolute Gasteiger partial charge is 0.497 e. The first-order valence-electron chi connectivity index (χ1n) is 8.44. The van der Waals surface area contributed by atoms with Gasteiger partial charge in [0.05, 0.1) is 24.6 Å². The van der Waals surface area contributed by atoms with Gasteiger partial charge in [0.25, 0.3) is 0 Å². The van der Waals surface area contributed by atoms with Crippen LogP contribution in [0.4, 0.5) is 0 Å². The Morgan fingerprint density at radius 3 is 2.69 bits per heavy atom. The highest BCUT2D eigenvalue weighted by atomic mass is 35.5. The standard InChI is InChI=1S/C20H16Cl3N3O2S/c1-28-14-6-5-12-7-13(20(23)25-18(12)8-14)9-24-26-19(27)11-29-10-15-16(21)3-2-4-17(15)22/h2-9H,10-11H2,1H3,(H,26,27). The van der Waals surface area contributed by atoms with Crippen LogP contribution in [0.3, 0.4) is 0 Å². The summed E-state index contributed by atoms with van der Waals surface area (Å²) in [6.07, 6.45) is 1.46. The van der Waals surface area contributed by atoms with Crippen LogP contribution in [0, 0.1) is 0 Å². The Balaban J connectivity index is 1.56. The van der Waals surface area contributed by atoms with E-state index in [1.165, 1.54) is 18.0 Å². The molecule has 0 unspecified atom stereocenters. The molecule has 0 radical (unpaired) electrons. The van der Waals surface area contributed by atoms with Gasteiger partial charge in [0, 0.05) is 32.8 Å². The number of carbonyl (C=O) groups is 1. The van der Waals surface area contributed by atoms with Gasteiger partial charge in [0.15, 0.2) is 0 Å². The topological polar surface area (TPSA) is 63.6 Å². The number of fused-ring (bicyclic) bond motifs is 1. The first-order valence-corrected chi connectivity index (χ1v) is 10.7. The molecule has 0 aliphatic rings. The molecule has 0 atom stereocenters. The van der Waals surface area contributed by atoms with E-state index in [9.17, 15) is 4.79 Å². The Bertz CT molecular complexity index is 1060. The number of carbonyl (C=O) groups excluding carboxylic acids is 1. The number of hydrogen-bond donors (Lipinski definition) is 1. The molecular weight excluding hydrogens is 453 g/mol. The van der Waals surface area contributed by atoms with Gasteiger partial charge in [-0.05, 0) is 35.9 Å². The number of pyridine rings is 1. The molecule has 1 heterocycles. The lowest BCUT2D eigenvalue weighted by Crippen LogP contribution is -2.19.